The van der Waals surface area contributed by atoms with Gasteiger partial charge in [0, 0.05) is 7.11 Å². The van der Waals surface area contributed by atoms with Crippen molar-refractivity contribution in [3.8, 4) is 0 Å². The smallest absolute Gasteiger partial charge is 0.434 e. The van der Waals surface area contributed by atoms with E-state index in [-0.39, 0.29) is 6.61 Å². The first kappa shape index (κ1) is 15.2. The van der Waals surface area contributed by atoms with Crippen molar-refractivity contribution in [3.05, 3.63) is 0 Å². The average molecular weight is 232 g/mol. The van der Waals surface area contributed by atoms with Crippen LogP contribution in [0.4, 0.5) is 4.79 Å². The molecule has 0 rings (SSSR count). The number of hydrogen-bond donors (Lipinski definition) is 0. The van der Waals surface area contributed by atoms with E-state index in [9.17, 15) is 4.79 Å². The normalized spacial score (nSPS) is 12.2. The number of methoxy groups -OCH3 is 1. The van der Waals surface area contributed by atoms with Crippen LogP contribution >= 0.6 is 0 Å². The summed E-state index contributed by atoms with van der Waals surface area (Å²) in [4.78, 5) is 11.1. The summed E-state index contributed by atoms with van der Waals surface area (Å²) in [6.07, 6.45) is 3.91. The molecule has 0 aliphatic carbocycles. The third-order valence-corrected chi connectivity index (χ3v) is 2.49. The second-order valence-electron chi connectivity index (χ2n) is 3.82. The molecular weight excluding hydrogens is 208 g/mol. The Morgan fingerprint density at radius 3 is 2.50 bits per heavy atom. The van der Waals surface area contributed by atoms with Crippen LogP contribution in [0.1, 0.15) is 39.5 Å². The van der Waals surface area contributed by atoms with Gasteiger partial charge in [-0.05, 0) is 12.3 Å². The molecule has 0 bridgehead atoms. The minimum Gasteiger partial charge on any atom is -0.434 e. The molecule has 1 atom stereocenters. The van der Waals surface area contributed by atoms with E-state index in [1.165, 1.54) is 12.8 Å². The monoisotopic (exact) mass is 232 g/mol. The second-order valence-corrected chi connectivity index (χ2v) is 3.82. The van der Waals surface area contributed by atoms with Gasteiger partial charge < -0.3 is 14.2 Å². The van der Waals surface area contributed by atoms with Crippen LogP contribution in [0.3, 0.4) is 0 Å². The van der Waals surface area contributed by atoms with Crippen molar-refractivity contribution in [2.45, 2.75) is 39.5 Å². The van der Waals surface area contributed by atoms with Gasteiger partial charge in [0.25, 0.3) is 0 Å². The summed E-state index contributed by atoms with van der Waals surface area (Å²) in [6.45, 7) is 5.39. The lowest BCUT2D eigenvalue weighted by Crippen LogP contribution is -2.16. The summed E-state index contributed by atoms with van der Waals surface area (Å²) in [5.74, 6) is 0.454. The van der Waals surface area contributed by atoms with E-state index in [0.717, 1.165) is 12.8 Å². The number of ether oxygens (including phenoxy) is 3. The molecule has 16 heavy (non-hydrogen) atoms. The average Bonchev–Trinajstić information content (AvgIpc) is 2.30. The fraction of sp³-hybridized carbons (Fsp3) is 0.917. The maximum absolute atomic E-state index is 11.1. The van der Waals surface area contributed by atoms with Crippen LogP contribution < -0.4 is 0 Å². The highest BCUT2D eigenvalue weighted by molar-refractivity contribution is 5.59. The Bertz CT molecular complexity index is 170. The zero-order valence-electron chi connectivity index (χ0n) is 10.7. The molecule has 0 radical (unpaired) electrons. The predicted molar refractivity (Wildman–Crippen MR) is 62.5 cm³/mol. The molecule has 0 spiro atoms. The van der Waals surface area contributed by atoms with Gasteiger partial charge in [-0.25, -0.2) is 4.79 Å². The number of hydrogen-bond acceptors (Lipinski definition) is 4. The molecule has 96 valence electrons. The lowest BCUT2D eigenvalue weighted by atomic mass is 10.0. The molecule has 0 aromatic rings. The standard InChI is InChI=1S/C12H24O4/c1-4-6-7-11(5-2)10-16-12(13)15-9-8-14-3/h11H,4-10H2,1-3H3. The number of carbonyl (C=O) groups is 1. The maximum Gasteiger partial charge on any atom is 0.508 e. The van der Waals surface area contributed by atoms with Crippen molar-refractivity contribution in [1.29, 1.82) is 0 Å². The van der Waals surface area contributed by atoms with Gasteiger partial charge in [-0.15, -0.1) is 0 Å². The van der Waals surface area contributed by atoms with Crippen molar-refractivity contribution in [2.75, 3.05) is 26.9 Å². The fourth-order valence-corrected chi connectivity index (χ4v) is 1.33. The SMILES string of the molecule is CCCCC(CC)COC(=O)OCCOC. The molecule has 1 unspecified atom stereocenters. The molecular formula is C12H24O4. The molecule has 0 saturated carbocycles. The van der Waals surface area contributed by atoms with Gasteiger partial charge >= 0.3 is 6.16 Å². The minimum absolute atomic E-state index is 0.251. The van der Waals surface area contributed by atoms with E-state index in [1.807, 2.05) is 0 Å². The van der Waals surface area contributed by atoms with Gasteiger partial charge in [-0.2, -0.15) is 0 Å². The molecule has 0 aliphatic rings. The molecule has 0 aromatic heterocycles. The highest BCUT2D eigenvalue weighted by Crippen LogP contribution is 2.12. The van der Waals surface area contributed by atoms with Gasteiger partial charge in [0.05, 0.1) is 13.2 Å². The summed E-state index contributed by atoms with van der Waals surface area (Å²) in [7, 11) is 1.56. The van der Waals surface area contributed by atoms with E-state index in [1.54, 1.807) is 7.11 Å². The third kappa shape index (κ3) is 8.53. The number of unbranched alkanes of at least 4 members (excludes halogenated alkanes) is 1. The highest BCUT2D eigenvalue weighted by atomic mass is 16.7. The number of rotatable bonds is 9. The van der Waals surface area contributed by atoms with Crippen molar-refractivity contribution in [2.24, 2.45) is 5.92 Å². The first-order chi connectivity index (χ1) is 7.74. The molecule has 0 fully saturated rings. The Kier molecular flexibility index (Phi) is 10.2. The molecule has 0 heterocycles. The Hall–Kier alpha value is -0.770. The zero-order valence-corrected chi connectivity index (χ0v) is 10.7. The van der Waals surface area contributed by atoms with Crippen molar-refractivity contribution < 1.29 is 19.0 Å². The largest absolute Gasteiger partial charge is 0.508 e. The summed E-state index contributed by atoms with van der Waals surface area (Å²) < 4.78 is 14.6. The van der Waals surface area contributed by atoms with Crippen LogP contribution in [0, 0.1) is 5.92 Å². The van der Waals surface area contributed by atoms with Crippen LogP contribution in [0.25, 0.3) is 0 Å². The summed E-state index contributed by atoms with van der Waals surface area (Å²) in [5.41, 5.74) is 0. The topological polar surface area (TPSA) is 44.8 Å². The zero-order chi connectivity index (χ0) is 12.2. The van der Waals surface area contributed by atoms with Gasteiger partial charge in [-0.1, -0.05) is 33.1 Å². The maximum atomic E-state index is 11.1. The molecule has 0 N–H and O–H groups in total. The second kappa shape index (κ2) is 10.7. The van der Waals surface area contributed by atoms with Crippen LogP contribution in [-0.2, 0) is 14.2 Å². The predicted octanol–water partition coefficient (Wildman–Crippen LogP) is 3.00. The molecule has 0 amide bonds. The van der Waals surface area contributed by atoms with Gasteiger partial charge in [-0.3, -0.25) is 0 Å². The van der Waals surface area contributed by atoms with Crippen LogP contribution in [-0.4, -0.2) is 33.1 Å². The number of carbonyl (C=O) groups excluding carboxylic acids is 1. The Balaban J connectivity index is 3.54. The van der Waals surface area contributed by atoms with E-state index in [2.05, 4.69) is 13.8 Å². The van der Waals surface area contributed by atoms with Gasteiger partial charge in [0.2, 0.25) is 0 Å². The summed E-state index contributed by atoms with van der Waals surface area (Å²) >= 11 is 0. The van der Waals surface area contributed by atoms with Crippen molar-refractivity contribution in [3.63, 3.8) is 0 Å². The van der Waals surface area contributed by atoms with Gasteiger partial charge in [0.15, 0.2) is 0 Å². The Morgan fingerprint density at radius 2 is 1.94 bits per heavy atom. The lowest BCUT2D eigenvalue weighted by molar-refractivity contribution is 0.0270. The first-order valence-electron chi connectivity index (χ1n) is 6.03. The minimum atomic E-state index is -0.591. The van der Waals surface area contributed by atoms with Crippen LogP contribution in [0.15, 0.2) is 0 Å². The van der Waals surface area contributed by atoms with Crippen molar-refractivity contribution >= 4 is 6.16 Å². The Labute approximate surface area is 98.3 Å². The molecule has 4 nitrogen and oxygen atoms in total. The summed E-state index contributed by atoms with van der Waals surface area (Å²) in [5, 5.41) is 0. The molecule has 4 heteroatoms. The van der Waals surface area contributed by atoms with E-state index < -0.39 is 6.16 Å². The quantitative estimate of drug-likeness (QED) is 0.453. The van der Waals surface area contributed by atoms with E-state index in [0.29, 0.717) is 19.1 Å². The fourth-order valence-electron chi connectivity index (χ4n) is 1.33. The highest BCUT2D eigenvalue weighted by Gasteiger charge is 2.10. The van der Waals surface area contributed by atoms with Gasteiger partial charge in [0.1, 0.15) is 6.61 Å². The van der Waals surface area contributed by atoms with Crippen LogP contribution in [0.5, 0.6) is 0 Å². The van der Waals surface area contributed by atoms with Crippen LogP contribution in [0.2, 0.25) is 0 Å². The molecule has 0 saturated heterocycles. The first-order valence-corrected chi connectivity index (χ1v) is 6.03. The third-order valence-electron chi connectivity index (χ3n) is 2.49. The molecule has 0 aliphatic heterocycles. The summed E-state index contributed by atoms with van der Waals surface area (Å²) in [6, 6.07) is 0. The lowest BCUT2D eigenvalue weighted by Gasteiger charge is -2.14. The Morgan fingerprint density at radius 1 is 1.19 bits per heavy atom. The molecule has 0 aromatic carbocycles. The van der Waals surface area contributed by atoms with E-state index in [4.69, 9.17) is 14.2 Å². The van der Waals surface area contributed by atoms with Crippen molar-refractivity contribution in [1.82, 2.24) is 0 Å². The van der Waals surface area contributed by atoms with E-state index >= 15 is 0 Å².